The van der Waals surface area contributed by atoms with Gasteiger partial charge in [-0.1, -0.05) is 58.4 Å². The first-order chi connectivity index (χ1) is 10.3. The molecule has 0 radical (unpaired) electrons. The van der Waals surface area contributed by atoms with Gasteiger partial charge >= 0.3 is 0 Å². The van der Waals surface area contributed by atoms with E-state index < -0.39 is 0 Å². The second-order valence-corrected chi connectivity index (χ2v) is 7.93. The average molecular weight is 361 g/mol. The predicted octanol–water partition coefficient (Wildman–Crippen LogP) is 5.66. The van der Waals surface area contributed by atoms with Gasteiger partial charge in [-0.05, 0) is 54.9 Å². The van der Waals surface area contributed by atoms with Crippen molar-refractivity contribution in [3.63, 3.8) is 0 Å². The van der Waals surface area contributed by atoms with Crippen LogP contribution in [-0.4, -0.2) is 10.6 Å². The Balaban J connectivity index is 1.63. The zero-order chi connectivity index (χ0) is 14.7. The first-order valence-corrected chi connectivity index (χ1v) is 9.61. The van der Waals surface area contributed by atoms with Crippen LogP contribution in [0.25, 0.3) is 0 Å². The van der Waals surface area contributed by atoms with E-state index in [4.69, 9.17) is 0 Å². The van der Waals surface area contributed by atoms with Crippen molar-refractivity contribution < 1.29 is 0 Å². The third kappa shape index (κ3) is 3.73. The molecule has 2 atom stereocenters. The molecule has 0 fully saturated rings. The normalized spacial score (nSPS) is 18.5. The Bertz CT molecular complexity index is 583. The lowest BCUT2D eigenvalue weighted by molar-refractivity contribution is 0.529. The molecule has 0 N–H and O–H groups in total. The number of aryl methyl sites for hydroxylation is 1. The molecule has 0 aliphatic carbocycles. The van der Waals surface area contributed by atoms with Crippen molar-refractivity contribution in [2.45, 2.75) is 36.3 Å². The van der Waals surface area contributed by atoms with E-state index >= 15 is 0 Å². The monoisotopic (exact) mass is 360 g/mol. The molecule has 2 aromatic rings. The van der Waals surface area contributed by atoms with Gasteiger partial charge < -0.3 is 0 Å². The Morgan fingerprint density at radius 2 is 1.90 bits per heavy atom. The summed E-state index contributed by atoms with van der Waals surface area (Å²) >= 11 is 5.80. The Morgan fingerprint density at radius 3 is 2.67 bits per heavy atom. The van der Waals surface area contributed by atoms with E-state index in [2.05, 4.69) is 83.1 Å². The summed E-state index contributed by atoms with van der Waals surface area (Å²) in [4.78, 5) is 1.49. The molecule has 1 aliphatic rings. The summed E-state index contributed by atoms with van der Waals surface area (Å²) in [5.41, 5.74) is 4.46. The van der Waals surface area contributed by atoms with E-state index in [-0.39, 0.29) is 0 Å². The number of hydrogen-bond acceptors (Lipinski definition) is 1. The smallest absolute Gasteiger partial charge is 0.0138 e. The van der Waals surface area contributed by atoms with E-state index in [1.807, 2.05) is 0 Å². The van der Waals surface area contributed by atoms with Crippen molar-refractivity contribution in [3.8, 4) is 0 Å². The Labute approximate surface area is 140 Å². The zero-order valence-corrected chi connectivity index (χ0v) is 14.8. The van der Waals surface area contributed by atoms with Gasteiger partial charge in [0.2, 0.25) is 0 Å². The minimum absolute atomic E-state index is 0.720. The molecule has 1 heterocycles. The molecule has 2 unspecified atom stereocenters. The van der Waals surface area contributed by atoms with Crippen molar-refractivity contribution in [2.75, 3.05) is 5.33 Å². The summed E-state index contributed by atoms with van der Waals surface area (Å²) in [6.07, 6.45) is 3.71. The van der Waals surface area contributed by atoms with Crippen LogP contribution in [0, 0.1) is 12.8 Å². The fraction of sp³-hybridized carbons (Fsp3) is 0.368. The molecule has 21 heavy (non-hydrogen) atoms. The maximum atomic E-state index is 3.73. The molecule has 1 aliphatic heterocycles. The molecule has 110 valence electrons. The number of fused-ring (bicyclic) bond motifs is 1. The number of thioether (sulfide) groups is 1. The summed E-state index contributed by atoms with van der Waals surface area (Å²) in [5.74, 6) is 0.720. The predicted molar refractivity (Wildman–Crippen MR) is 96.6 cm³/mol. The number of rotatable bonds is 5. The molecule has 3 rings (SSSR count). The number of hydrogen-bond donors (Lipinski definition) is 0. The first-order valence-electron chi connectivity index (χ1n) is 7.61. The molecule has 0 amide bonds. The van der Waals surface area contributed by atoms with Crippen LogP contribution in [0.5, 0.6) is 0 Å². The summed E-state index contributed by atoms with van der Waals surface area (Å²) < 4.78 is 0. The van der Waals surface area contributed by atoms with Crippen LogP contribution in [0.1, 0.15) is 23.1 Å². The lowest BCUT2D eigenvalue weighted by atomic mass is 9.92. The second kappa shape index (κ2) is 7.02. The Morgan fingerprint density at radius 1 is 1.14 bits per heavy atom. The lowest BCUT2D eigenvalue weighted by Crippen LogP contribution is -2.14. The van der Waals surface area contributed by atoms with Gasteiger partial charge in [0.25, 0.3) is 0 Å². The molecule has 0 nitrogen and oxygen atoms in total. The van der Waals surface area contributed by atoms with E-state index in [1.165, 1.54) is 40.8 Å². The highest BCUT2D eigenvalue weighted by Gasteiger charge is 2.24. The van der Waals surface area contributed by atoms with E-state index in [1.54, 1.807) is 0 Å². The lowest BCUT2D eigenvalue weighted by Gasteiger charge is -2.19. The molecule has 2 heteroatoms. The maximum Gasteiger partial charge on any atom is 0.0138 e. The third-order valence-electron chi connectivity index (χ3n) is 4.30. The van der Waals surface area contributed by atoms with Crippen LogP contribution in [0.2, 0.25) is 0 Å². The molecule has 0 spiro atoms. The van der Waals surface area contributed by atoms with Gasteiger partial charge in [-0.15, -0.1) is 11.8 Å². The fourth-order valence-electron chi connectivity index (χ4n) is 3.11. The molecular weight excluding hydrogens is 340 g/mol. The molecule has 0 saturated carbocycles. The fourth-order valence-corrected chi connectivity index (χ4v) is 5.05. The van der Waals surface area contributed by atoms with Crippen LogP contribution >= 0.6 is 27.7 Å². The summed E-state index contributed by atoms with van der Waals surface area (Å²) in [6, 6.07) is 17.7. The van der Waals surface area contributed by atoms with Crippen LogP contribution in [0.3, 0.4) is 0 Å². The maximum absolute atomic E-state index is 3.73. The van der Waals surface area contributed by atoms with E-state index in [0.717, 1.165) is 16.5 Å². The minimum Gasteiger partial charge on any atom is -0.122 e. The van der Waals surface area contributed by atoms with Gasteiger partial charge in [-0.2, -0.15) is 0 Å². The highest BCUT2D eigenvalue weighted by Crippen LogP contribution is 2.40. The summed E-state index contributed by atoms with van der Waals surface area (Å²) in [6.45, 7) is 2.22. The Kier molecular flexibility index (Phi) is 5.07. The average Bonchev–Trinajstić information content (AvgIpc) is 2.91. The van der Waals surface area contributed by atoms with Gasteiger partial charge in [0, 0.05) is 15.5 Å². The highest BCUT2D eigenvalue weighted by molar-refractivity contribution is 9.09. The largest absolute Gasteiger partial charge is 0.122 e. The molecule has 0 aromatic heterocycles. The van der Waals surface area contributed by atoms with Crippen molar-refractivity contribution in [1.29, 1.82) is 0 Å². The topological polar surface area (TPSA) is 0 Å². The van der Waals surface area contributed by atoms with Gasteiger partial charge in [0.05, 0.1) is 0 Å². The molecule has 2 aromatic carbocycles. The zero-order valence-electron chi connectivity index (χ0n) is 12.4. The minimum atomic E-state index is 0.720. The standard InChI is InChI=1S/C19H21BrS/c1-14-6-2-3-7-16(14)10-15(13-20)11-18-12-17-8-4-5-9-19(17)21-18/h2-9,15,18H,10-13H2,1H3. The van der Waals surface area contributed by atoms with Gasteiger partial charge in [0.15, 0.2) is 0 Å². The quantitative estimate of drug-likeness (QED) is 0.620. The van der Waals surface area contributed by atoms with Crippen LogP contribution in [-0.2, 0) is 12.8 Å². The number of alkyl halides is 1. The summed E-state index contributed by atoms with van der Waals surface area (Å²) in [7, 11) is 0. The second-order valence-electron chi connectivity index (χ2n) is 5.94. The van der Waals surface area contributed by atoms with Crippen molar-refractivity contribution >= 4 is 27.7 Å². The van der Waals surface area contributed by atoms with Gasteiger partial charge in [-0.25, -0.2) is 0 Å². The van der Waals surface area contributed by atoms with Gasteiger partial charge in [0.1, 0.15) is 0 Å². The molecule has 0 saturated heterocycles. The van der Waals surface area contributed by atoms with E-state index in [0.29, 0.717) is 0 Å². The van der Waals surface area contributed by atoms with Crippen LogP contribution in [0.4, 0.5) is 0 Å². The SMILES string of the molecule is Cc1ccccc1CC(CBr)CC1Cc2ccccc2S1. The van der Waals surface area contributed by atoms with Crippen molar-refractivity contribution in [1.82, 2.24) is 0 Å². The first kappa shape index (κ1) is 15.2. The van der Waals surface area contributed by atoms with Crippen LogP contribution in [0.15, 0.2) is 53.4 Å². The highest BCUT2D eigenvalue weighted by atomic mass is 79.9. The van der Waals surface area contributed by atoms with E-state index in [9.17, 15) is 0 Å². The van der Waals surface area contributed by atoms with Crippen LogP contribution < -0.4 is 0 Å². The van der Waals surface area contributed by atoms with Crippen molar-refractivity contribution in [3.05, 3.63) is 65.2 Å². The van der Waals surface area contributed by atoms with Gasteiger partial charge in [-0.3, -0.25) is 0 Å². The molecular formula is C19H21BrS. The Hall–Kier alpha value is -0.730. The number of halogens is 1. The summed E-state index contributed by atoms with van der Waals surface area (Å²) in [5, 5.41) is 1.84. The molecule has 0 bridgehead atoms. The van der Waals surface area contributed by atoms with Crippen molar-refractivity contribution in [2.24, 2.45) is 5.92 Å². The third-order valence-corrected chi connectivity index (χ3v) is 6.56. The number of benzene rings is 2.